The van der Waals surface area contributed by atoms with E-state index < -0.39 is 0 Å². The molecule has 1 aromatic carbocycles. The van der Waals surface area contributed by atoms with Crippen LogP contribution in [0.25, 0.3) is 10.4 Å². The Balaban J connectivity index is 1.59. The van der Waals surface area contributed by atoms with E-state index in [0.717, 1.165) is 41.7 Å². The van der Waals surface area contributed by atoms with Crippen LogP contribution >= 0.6 is 23.1 Å². The number of aryl methyl sites for hydroxylation is 1. The third-order valence-electron chi connectivity index (χ3n) is 5.05. The average molecular weight is 358 g/mol. The van der Waals surface area contributed by atoms with Crippen molar-refractivity contribution < 1.29 is 9.47 Å². The molecule has 3 heterocycles. The molecule has 24 heavy (non-hydrogen) atoms. The van der Waals surface area contributed by atoms with Crippen LogP contribution < -0.4 is 15.2 Å². The van der Waals surface area contributed by atoms with Crippen LogP contribution in [0.2, 0.25) is 0 Å². The molecule has 5 rings (SSSR count). The number of rotatable bonds is 1. The summed E-state index contributed by atoms with van der Waals surface area (Å²) in [6.07, 6.45) is 4.53. The lowest BCUT2D eigenvalue weighted by molar-refractivity contribution is 0.174. The molecule has 1 unspecified atom stereocenters. The van der Waals surface area contributed by atoms with Gasteiger partial charge in [-0.2, -0.15) is 0 Å². The first-order valence-corrected chi connectivity index (χ1v) is 10.1. The normalized spacial score (nSPS) is 24.8. The molecule has 0 saturated heterocycles. The molecule has 0 radical (unpaired) electrons. The van der Waals surface area contributed by atoms with Crippen LogP contribution in [0, 0.1) is 0 Å². The van der Waals surface area contributed by atoms with Crippen molar-refractivity contribution in [1.82, 2.24) is 0 Å². The predicted octanol–water partition coefficient (Wildman–Crippen LogP) is 4.13. The Hall–Kier alpha value is -1.66. The number of thioether (sulfide) groups is 1. The zero-order valence-corrected chi connectivity index (χ0v) is 14.8. The number of hydrogen-bond donors (Lipinski definition) is 1. The Morgan fingerprint density at radius 1 is 1.12 bits per heavy atom. The summed E-state index contributed by atoms with van der Waals surface area (Å²) < 4.78 is 10.9. The van der Waals surface area contributed by atoms with Crippen LogP contribution in [0.1, 0.15) is 29.7 Å². The fourth-order valence-electron chi connectivity index (χ4n) is 3.88. The summed E-state index contributed by atoms with van der Waals surface area (Å²) in [5, 5.41) is 0.741. The summed E-state index contributed by atoms with van der Waals surface area (Å²) in [5.41, 5.74) is 8.56. The molecule has 124 valence electrons. The first kappa shape index (κ1) is 14.7. The van der Waals surface area contributed by atoms with Gasteiger partial charge in [0.2, 0.25) is 6.79 Å². The second kappa shape index (κ2) is 5.43. The second-order valence-electron chi connectivity index (χ2n) is 6.45. The Morgan fingerprint density at radius 2 is 2.04 bits per heavy atom. The lowest BCUT2D eigenvalue weighted by Crippen LogP contribution is -2.34. The SMILES string of the molecule is NC1=NC2(CCCc3sc(-c4ccc5c(c4)OCO5)cc32)CCS1. The van der Waals surface area contributed by atoms with Crippen LogP contribution in [-0.2, 0) is 12.0 Å². The topological polar surface area (TPSA) is 56.8 Å². The summed E-state index contributed by atoms with van der Waals surface area (Å²) in [4.78, 5) is 7.65. The highest BCUT2D eigenvalue weighted by Gasteiger charge is 2.39. The molecule has 1 spiro atoms. The number of aliphatic imine (C=N–C) groups is 1. The zero-order chi connectivity index (χ0) is 16.1. The summed E-state index contributed by atoms with van der Waals surface area (Å²) in [5.74, 6) is 2.73. The molecule has 3 aliphatic rings. The first-order valence-electron chi connectivity index (χ1n) is 8.25. The maximum absolute atomic E-state index is 6.06. The minimum Gasteiger partial charge on any atom is -0.454 e. The van der Waals surface area contributed by atoms with Gasteiger partial charge >= 0.3 is 0 Å². The molecule has 1 atom stereocenters. The Morgan fingerprint density at radius 3 is 2.96 bits per heavy atom. The van der Waals surface area contributed by atoms with Gasteiger partial charge in [0.1, 0.15) is 0 Å². The minimum atomic E-state index is -0.0893. The fraction of sp³-hybridized carbons (Fsp3) is 0.389. The molecule has 1 aliphatic carbocycles. The number of amidine groups is 1. The lowest BCUT2D eigenvalue weighted by Gasteiger charge is -2.36. The van der Waals surface area contributed by atoms with Crippen LogP contribution in [0.5, 0.6) is 11.5 Å². The van der Waals surface area contributed by atoms with Crippen molar-refractivity contribution in [1.29, 1.82) is 0 Å². The van der Waals surface area contributed by atoms with E-state index in [4.69, 9.17) is 20.2 Å². The van der Waals surface area contributed by atoms with E-state index in [2.05, 4.69) is 18.2 Å². The summed E-state index contributed by atoms with van der Waals surface area (Å²) in [6.45, 7) is 0.314. The number of ether oxygens (including phenoxy) is 2. The minimum absolute atomic E-state index is 0.0893. The molecular formula is C18H18N2O2S2. The van der Waals surface area contributed by atoms with Gasteiger partial charge in [-0.3, -0.25) is 4.99 Å². The Kier molecular flexibility index (Phi) is 3.31. The van der Waals surface area contributed by atoms with Gasteiger partial charge in [-0.1, -0.05) is 11.8 Å². The monoisotopic (exact) mass is 358 g/mol. The summed E-state index contributed by atoms with van der Waals surface area (Å²) in [7, 11) is 0. The molecule has 6 heteroatoms. The highest BCUT2D eigenvalue weighted by Crippen LogP contribution is 2.49. The van der Waals surface area contributed by atoms with Crippen LogP contribution in [0.3, 0.4) is 0 Å². The third kappa shape index (κ3) is 2.24. The molecule has 0 fully saturated rings. The highest BCUT2D eigenvalue weighted by molar-refractivity contribution is 8.13. The van der Waals surface area contributed by atoms with E-state index in [0.29, 0.717) is 6.79 Å². The van der Waals surface area contributed by atoms with Crippen molar-refractivity contribution in [2.24, 2.45) is 10.7 Å². The van der Waals surface area contributed by atoms with Crippen molar-refractivity contribution in [3.63, 3.8) is 0 Å². The summed E-state index contributed by atoms with van der Waals surface area (Å²) >= 11 is 3.57. The van der Waals surface area contributed by atoms with E-state index in [9.17, 15) is 0 Å². The van der Waals surface area contributed by atoms with Gasteiger partial charge in [0, 0.05) is 15.5 Å². The smallest absolute Gasteiger partial charge is 0.231 e. The molecule has 2 aliphatic heterocycles. The Bertz CT molecular complexity index is 846. The number of nitrogens with zero attached hydrogens (tertiary/aromatic N) is 1. The van der Waals surface area contributed by atoms with Crippen LogP contribution in [0.4, 0.5) is 0 Å². The van der Waals surface area contributed by atoms with Gasteiger partial charge in [-0.25, -0.2) is 0 Å². The standard InChI is InChI=1S/C18H18N2O2S2/c19-17-20-18(6-7-23-17)5-1-2-15-12(18)9-16(24-15)11-3-4-13-14(8-11)22-10-21-13/h3-4,8-9H,1-2,5-7,10H2,(H2,19,20). The Labute approximate surface area is 149 Å². The van der Waals surface area contributed by atoms with Gasteiger partial charge in [0.05, 0.1) is 5.54 Å². The van der Waals surface area contributed by atoms with E-state index in [1.807, 2.05) is 17.4 Å². The number of benzene rings is 1. The molecule has 2 N–H and O–H groups in total. The summed E-state index contributed by atoms with van der Waals surface area (Å²) in [6, 6.07) is 8.54. The van der Waals surface area contributed by atoms with E-state index in [-0.39, 0.29) is 5.54 Å². The molecule has 1 aromatic heterocycles. The van der Waals surface area contributed by atoms with Crippen molar-refractivity contribution >= 4 is 28.3 Å². The quantitative estimate of drug-likeness (QED) is 0.833. The molecule has 0 amide bonds. The lowest BCUT2D eigenvalue weighted by atomic mass is 9.78. The maximum atomic E-state index is 6.06. The van der Waals surface area contributed by atoms with Crippen molar-refractivity contribution in [3.05, 3.63) is 34.7 Å². The van der Waals surface area contributed by atoms with E-state index >= 15 is 0 Å². The van der Waals surface area contributed by atoms with Crippen LogP contribution in [-0.4, -0.2) is 17.7 Å². The second-order valence-corrected chi connectivity index (χ2v) is 8.70. The maximum Gasteiger partial charge on any atom is 0.231 e. The van der Waals surface area contributed by atoms with Gasteiger partial charge in [0.25, 0.3) is 0 Å². The molecule has 0 saturated carbocycles. The average Bonchev–Trinajstić information content (AvgIpc) is 3.21. The number of thiophene rings is 1. The highest BCUT2D eigenvalue weighted by atomic mass is 32.2. The van der Waals surface area contributed by atoms with Crippen molar-refractivity contribution in [2.45, 2.75) is 31.2 Å². The van der Waals surface area contributed by atoms with Gasteiger partial charge in [-0.15, -0.1) is 11.3 Å². The molecular weight excluding hydrogens is 340 g/mol. The molecule has 2 aromatic rings. The van der Waals surface area contributed by atoms with Crippen molar-refractivity contribution in [3.8, 4) is 21.9 Å². The zero-order valence-electron chi connectivity index (χ0n) is 13.2. The molecule has 4 nitrogen and oxygen atoms in total. The van der Waals surface area contributed by atoms with Crippen molar-refractivity contribution in [2.75, 3.05) is 12.5 Å². The van der Waals surface area contributed by atoms with Gasteiger partial charge in [0.15, 0.2) is 16.7 Å². The van der Waals surface area contributed by atoms with Gasteiger partial charge in [-0.05, 0) is 61.1 Å². The fourth-order valence-corrected chi connectivity index (χ4v) is 6.06. The van der Waals surface area contributed by atoms with E-state index in [1.54, 1.807) is 11.8 Å². The van der Waals surface area contributed by atoms with Gasteiger partial charge < -0.3 is 15.2 Å². The number of hydrogen-bond acceptors (Lipinski definition) is 6. The molecule has 0 bridgehead atoms. The number of fused-ring (bicyclic) bond motifs is 3. The third-order valence-corrected chi connectivity index (χ3v) is 7.09. The van der Waals surface area contributed by atoms with Crippen LogP contribution in [0.15, 0.2) is 29.3 Å². The van der Waals surface area contributed by atoms with E-state index in [1.165, 1.54) is 27.3 Å². The number of nitrogens with two attached hydrogens (primary N) is 1. The predicted molar refractivity (Wildman–Crippen MR) is 99.2 cm³/mol. The largest absolute Gasteiger partial charge is 0.454 e. The first-order chi connectivity index (χ1) is 11.7.